The summed E-state index contributed by atoms with van der Waals surface area (Å²) in [7, 11) is -3.85. The van der Waals surface area contributed by atoms with Gasteiger partial charge in [-0.25, -0.2) is 13.1 Å². The standard InChI is InChI=1S/C22H19BrClNO3S/c1-15-7-13-19(14-8-15)29(27,28)25-21(16-5-3-2-4-6-16)20(23)22(26)17-9-11-18(24)12-10-17/h2-14,20-21,25H,1H3/t20-,21-/m1/s1. The molecule has 0 fully saturated rings. The highest BCUT2D eigenvalue weighted by molar-refractivity contribution is 9.10. The van der Waals surface area contributed by atoms with Crippen LogP contribution in [0.4, 0.5) is 0 Å². The van der Waals surface area contributed by atoms with E-state index in [9.17, 15) is 13.2 Å². The highest BCUT2D eigenvalue weighted by Crippen LogP contribution is 2.28. The number of sulfonamides is 1. The average Bonchev–Trinajstić information content (AvgIpc) is 2.72. The van der Waals surface area contributed by atoms with Crippen molar-refractivity contribution < 1.29 is 13.2 Å². The van der Waals surface area contributed by atoms with E-state index in [2.05, 4.69) is 20.7 Å². The van der Waals surface area contributed by atoms with Crippen molar-refractivity contribution in [1.82, 2.24) is 4.72 Å². The molecule has 0 heterocycles. The number of carbonyl (C=O) groups excluding carboxylic acids is 1. The van der Waals surface area contributed by atoms with Gasteiger partial charge >= 0.3 is 0 Å². The smallest absolute Gasteiger partial charge is 0.241 e. The lowest BCUT2D eigenvalue weighted by atomic mass is 9.98. The predicted octanol–water partition coefficient (Wildman–Crippen LogP) is 5.31. The molecule has 0 spiro atoms. The van der Waals surface area contributed by atoms with E-state index in [4.69, 9.17) is 11.6 Å². The lowest BCUT2D eigenvalue weighted by Crippen LogP contribution is -2.37. The minimum Gasteiger partial charge on any atom is -0.293 e. The van der Waals surface area contributed by atoms with Crippen LogP contribution >= 0.6 is 27.5 Å². The van der Waals surface area contributed by atoms with Gasteiger partial charge < -0.3 is 0 Å². The Labute approximate surface area is 184 Å². The highest BCUT2D eigenvalue weighted by atomic mass is 79.9. The van der Waals surface area contributed by atoms with Crippen LogP contribution in [0.3, 0.4) is 0 Å². The first-order chi connectivity index (χ1) is 13.8. The summed E-state index contributed by atoms with van der Waals surface area (Å²) in [6, 6.07) is 21.3. The maximum atomic E-state index is 13.0. The van der Waals surface area contributed by atoms with Crippen molar-refractivity contribution in [2.75, 3.05) is 0 Å². The van der Waals surface area contributed by atoms with E-state index < -0.39 is 20.9 Å². The molecule has 0 aliphatic carbocycles. The third-order valence-electron chi connectivity index (χ3n) is 4.44. The number of Topliss-reactive ketones (excluding diaryl/α,β-unsaturated/α-hetero) is 1. The molecule has 0 radical (unpaired) electrons. The van der Waals surface area contributed by atoms with Gasteiger partial charge in [0.05, 0.1) is 15.8 Å². The van der Waals surface area contributed by atoms with Gasteiger partial charge in [0.1, 0.15) is 0 Å². The summed E-state index contributed by atoms with van der Waals surface area (Å²) in [6.45, 7) is 1.88. The molecular weight excluding hydrogens is 474 g/mol. The van der Waals surface area contributed by atoms with Gasteiger partial charge in [0.25, 0.3) is 0 Å². The van der Waals surface area contributed by atoms with Gasteiger partial charge in [-0.15, -0.1) is 0 Å². The molecule has 0 aliphatic rings. The Morgan fingerprint density at radius 2 is 1.52 bits per heavy atom. The van der Waals surface area contributed by atoms with E-state index in [0.717, 1.165) is 5.56 Å². The average molecular weight is 493 g/mol. The zero-order valence-corrected chi connectivity index (χ0v) is 18.7. The first kappa shape index (κ1) is 21.7. The molecule has 3 rings (SSSR count). The molecule has 29 heavy (non-hydrogen) atoms. The van der Waals surface area contributed by atoms with Gasteiger partial charge in [-0.05, 0) is 48.9 Å². The maximum absolute atomic E-state index is 13.0. The number of alkyl halides is 1. The fourth-order valence-electron chi connectivity index (χ4n) is 2.83. The van der Waals surface area contributed by atoms with Crippen LogP contribution in [0.1, 0.15) is 27.5 Å². The number of hydrogen-bond donors (Lipinski definition) is 1. The Bertz CT molecular complexity index is 1090. The SMILES string of the molecule is Cc1ccc(S(=O)(=O)N[C@H](c2ccccc2)[C@@H](Br)C(=O)c2ccc(Cl)cc2)cc1. The topological polar surface area (TPSA) is 63.2 Å². The van der Waals surface area contributed by atoms with Gasteiger partial charge in [0.2, 0.25) is 10.0 Å². The monoisotopic (exact) mass is 491 g/mol. The molecule has 4 nitrogen and oxygen atoms in total. The van der Waals surface area contributed by atoms with E-state index in [-0.39, 0.29) is 10.7 Å². The summed E-state index contributed by atoms with van der Waals surface area (Å²) in [6.07, 6.45) is 0. The lowest BCUT2D eigenvalue weighted by Gasteiger charge is -2.24. The minimum absolute atomic E-state index is 0.141. The second-order valence-corrected chi connectivity index (χ2v) is 9.73. The van der Waals surface area contributed by atoms with Crippen LogP contribution < -0.4 is 4.72 Å². The third-order valence-corrected chi connectivity index (χ3v) is 7.10. The van der Waals surface area contributed by atoms with Gasteiger partial charge in [0.15, 0.2) is 5.78 Å². The lowest BCUT2D eigenvalue weighted by molar-refractivity contribution is 0.0982. The Kier molecular flexibility index (Phi) is 6.90. The largest absolute Gasteiger partial charge is 0.293 e. The number of rotatable bonds is 7. The quantitative estimate of drug-likeness (QED) is 0.359. The number of ketones is 1. The number of halogens is 2. The van der Waals surface area contributed by atoms with Gasteiger partial charge in [-0.3, -0.25) is 4.79 Å². The molecule has 1 N–H and O–H groups in total. The van der Waals surface area contributed by atoms with Crippen LogP contribution in [0.2, 0.25) is 5.02 Å². The van der Waals surface area contributed by atoms with Crippen LogP contribution in [0.25, 0.3) is 0 Å². The molecule has 0 bridgehead atoms. The van der Waals surface area contributed by atoms with Gasteiger partial charge in [-0.2, -0.15) is 0 Å². The Hall–Kier alpha value is -1.99. The summed E-state index contributed by atoms with van der Waals surface area (Å²) in [5.41, 5.74) is 2.07. The van der Waals surface area contributed by atoms with Crippen LogP contribution in [-0.4, -0.2) is 19.0 Å². The summed E-state index contributed by atoms with van der Waals surface area (Å²) in [5, 5.41) is 0.521. The van der Waals surface area contributed by atoms with Gasteiger partial charge in [-0.1, -0.05) is 75.6 Å². The van der Waals surface area contributed by atoms with Crippen molar-refractivity contribution in [2.24, 2.45) is 0 Å². The van der Waals surface area contributed by atoms with E-state index >= 15 is 0 Å². The molecule has 0 aliphatic heterocycles. The normalized spacial score (nSPS) is 13.6. The minimum atomic E-state index is -3.85. The molecule has 150 valence electrons. The van der Waals surface area contributed by atoms with E-state index in [1.165, 1.54) is 0 Å². The Morgan fingerprint density at radius 1 is 0.931 bits per heavy atom. The number of carbonyl (C=O) groups is 1. The van der Waals surface area contributed by atoms with Crippen molar-refractivity contribution in [3.8, 4) is 0 Å². The van der Waals surface area contributed by atoms with Crippen molar-refractivity contribution in [2.45, 2.75) is 22.7 Å². The van der Waals surface area contributed by atoms with Crippen molar-refractivity contribution >= 4 is 43.3 Å². The molecule has 0 aromatic heterocycles. The first-order valence-electron chi connectivity index (χ1n) is 8.86. The molecule has 0 unspecified atom stereocenters. The predicted molar refractivity (Wildman–Crippen MR) is 119 cm³/mol. The Balaban J connectivity index is 1.95. The fourth-order valence-corrected chi connectivity index (χ4v) is 5.07. The molecule has 3 aromatic rings. The number of nitrogens with one attached hydrogen (secondary N) is 1. The summed E-state index contributed by atoms with van der Waals surface area (Å²) < 4.78 is 28.6. The number of benzene rings is 3. The molecule has 0 saturated heterocycles. The second kappa shape index (κ2) is 9.22. The summed E-state index contributed by atoms with van der Waals surface area (Å²) in [5.74, 6) is -0.248. The molecule has 2 atom stereocenters. The van der Waals surface area contributed by atoms with E-state index in [0.29, 0.717) is 16.1 Å². The maximum Gasteiger partial charge on any atom is 0.241 e. The van der Waals surface area contributed by atoms with Crippen molar-refractivity contribution in [3.63, 3.8) is 0 Å². The van der Waals surface area contributed by atoms with Crippen LogP contribution in [0, 0.1) is 6.92 Å². The van der Waals surface area contributed by atoms with E-state index in [1.807, 2.05) is 13.0 Å². The van der Waals surface area contributed by atoms with Crippen LogP contribution in [0.15, 0.2) is 83.8 Å². The number of aryl methyl sites for hydroxylation is 1. The molecule has 0 amide bonds. The van der Waals surface area contributed by atoms with Crippen molar-refractivity contribution in [1.29, 1.82) is 0 Å². The molecular formula is C22H19BrClNO3S. The first-order valence-corrected chi connectivity index (χ1v) is 11.6. The zero-order valence-electron chi connectivity index (χ0n) is 15.5. The molecule has 7 heteroatoms. The van der Waals surface area contributed by atoms with Gasteiger partial charge in [0, 0.05) is 10.6 Å². The van der Waals surface area contributed by atoms with E-state index in [1.54, 1.807) is 72.8 Å². The highest BCUT2D eigenvalue weighted by Gasteiger charge is 2.32. The molecule has 0 saturated carbocycles. The third kappa shape index (κ3) is 5.34. The van der Waals surface area contributed by atoms with Crippen molar-refractivity contribution in [3.05, 3.63) is 101 Å². The zero-order chi connectivity index (χ0) is 21.0. The fraction of sp³-hybridized carbons (Fsp3) is 0.136. The number of hydrogen-bond acceptors (Lipinski definition) is 3. The van der Waals surface area contributed by atoms with Crippen LogP contribution in [0.5, 0.6) is 0 Å². The summed E-state index contributed by atoms with van der Waals surface area (Å²) in [4.78, 5) is 12.3. The second-order valence-electron chi connectivity index (χ2n) is 6.60. The van der Waals surface area contributed by atoms with Crippen LogP contribution in [-0.2, 0) is 10.0 Å². The Morgan fingerprint density at radius 3 is 2.10 bits per heavy atom. The molecule has 3 aromatic carbocycles. The summed E-state index contributed by atoms with van der Waals surface area (Å²) >= 11 is 9.33.